The lowest BCUT2D eigenvalue weighted by Crippen LogP contribution is -2.42. The van der Waals surface area contributed by atoms with Crippen molar-refractivity contribution in [3.05, 3.63) is 24.3 Å². The number of nitrogens with one attached hydrogen (secondary N) is 1. The van der Waals surface area contributed by atoms with Gasteiger partial charge in [0.15, 0.2) is 0 Å². The predicted molar refractivity (Wildman–Crippen MR) is 80.7 cm³/mol. The number of hydrogen-bond acceptors (Lipinski definition) is 5. The van der Waals surface area contributed by atoms with Gasteiger partial charge in [0, 0.05) is 18.2 Å². The van der Waals surface area contributed by atoms with Crippen LogP contribution in [0.2, 0.25) is 0 Å². The van der Waals surface area contributed by atoms with Gasteiger partial charge in [-0.05, 0) is 32.9 Å². The van der Waals surface area contributed by atoms with E-state index in [0.29, 0.717) is 37.9 Å². The molecule has 0 aliphatic carbocycles. The first-order valence-corrected chi connectivity index (χ1v) is 6.91. The molecule has 0 bridgehead atoms. The Morgan fingerprint density at radius 3 is 2.57 bits per heavy atom. The van der Waals surface area contributed by atoms with Gasteiger partial charge in [-0.3, -0.25) is 0 Å². The first kappa shape index (κ1) is 17.3. The molecule has 0 saturated carbocycles. The molecule has 0 atom stereocenters. The standard InChI is InChI=1S/C15H24N2O4/c1-15(2,3)17-14(18)21-13-6-4-5-12(11-13)20-10-9-19-8-7-16/h4-6,11H,7-10,16H2,1-3H3,(H,17,18). The van der Waals surface area contributed by atoms with Crippen molar-refractivity contribution < 1.29 is 19.0 Å². The molecule has 1 aromatic carbocycles. The van der Waals surface area contributed by atoms with Crippen LogP contribution in [0.3, 0.4) is 0 Å². The van der Waals surface area contributed by atoms with Gasteiger partial charge in [-0.25, -0.2) is 4.79 Å². The predicted octanol–water partition coefficient (Wildman–Crippen LogP) is 1.93. The Labute approximate surface area is 125 Å². The molecular formula is C15H24N2O4. The summed E-state index contributed by atoms with van der Waals surface area (Å²) < 4.78 is 15.9. The van der Waals surface area contributed by atoms with Crippen LogP contribution in [0.5, 0.6) is 11.5 Å². The highest BCUT2D eigenvalue weighted by Crippen LogP contribution is 2.19. The van der Waals surface area contributed by atoms with Gasteiger partial charge < -0.3 is 25.3 Å². The molecule has 0 unspecified atom stereocenters. The van der Waals surface area contributed by atoms with Gasteiger partial charge in [0.1, 0.15) is 18.1 Å². The lowest BCUT2D eigenvalue weighted by molar-refractivity contribution is 0.106. The van der Waals surface area contributed by atoms with E-state index in [2.05, 4.69) is 5.32 Å². The maximum absolute atomic E-state index is 11.7. The molecule has 0 radical (unpaired) electrons. The molecule has 0 heterocycles. The second-order valence-electron chi connectivity index (χ2n) is 5.49. The van der Waals surface area contributed by atoms with Gasteiger partial charge in [-0.2, -0.15) is 0 Å². The van der Waals surface area contributed by atoms with E-state index in [1.54, 1.807) is 24.3 Å². The summed E-state index contributed by atoms with van der Waals surface area (Å²) in [5, 5.41) is 2.72. The highest BCUT2D eigenvalue weighted by atomic mass is 16.6. The van der Waals surface area contributed by atoms with Crippen molar-refractivity contribution in [2.45, 2.75) is 26.3 Å². The number of carbonyl (C=O) groups excluding carboxylic acids is 1. The Bertz CT molecular complexity index is 444. The van der Waals surface area contributed by atoms with Crippen molar-refractivity contribution in [1.29, 1.82) is 0 Å². The summed E-state index contributed by atoms with van der Waals surface area (Å²) in [4.78, 5) is 11.7. The Kier molecular flexibility index (Phi) is 6.98. The molecule has 1 rings (SSSR count). The minimum atomic E-state index is -0.495. The molecular weight excluding hydrogens is 272 g/mol. The SMILES string of the molecule is CC(C)(C)NC(=O)Oc1cccc(OCCOCCN)c1. The Hall–Kier alpha value is -1.79. The van der Waals surface area contributed by atoms with Gasteiger partial charge in [0.05, 0.1) is 13.2 Å². The van der Waals surface area contributed by atoms with Crippen LogP contribution in [0.25, 0.3) is 0 Å². The van der Waals surface area contributed by atoms with Gasteiger partial charge >= 0.3 is 6.09 Å². The molecule has 0 aromatic heterocycles. The minimum absolute atomic E-state index is 0.342. The molecule has 0 saturated heterocycles. The molecule has 0 fully saturated rings. The summed E-state index contributed by atoms with van der Waals surface area (Å²) in [5.41, 5.74) is 4.97. The van der Waals surface area contributed by atoms with Crippen molar-refractivity contribution in [3.63, 3.8) is 0 Å². The van der Waals surface area contributed by atoms with Crippen LogP contribution in [0, 0.1) is 0 Å². The molecule has 1 aromatic rings. The van der Waals surface area contributed by atoms with Gasteiger partial charge in [-0.1, -0.05) is 6.07 Å². The number of benzene rings is 1. The number of rotatable bonds is 7. The zero-order valence-electron chi connectivity index (χ0n) is 12.8. The Balaban J connectivity index is 2.43. The van der Waals surface area contributed by atoms with E-state index in [0.717, 1.165) is 0 Å². The third kappa shape index (κ3) is 8.16. The van der Waals surface area contributed by atoms with Crippen molar-refractivity contribution in [1.82, 2.24) is 5.32 Å². The molecule has 0 spiro atoms. The summed E-state index contributed by atoms with van der Waals surface area (Å²) >= 11 is 0. The summed E-state index contributed by atoms with van der Waals surface area (Å²) in [6.07, 6.45) is -0.495. The van der Waals surface area contributed by atoms with Crippen LogP contribution in [0.1, 0.15) is 20.8 Å². The van der Waals surface area contributed by atoms with E-state index >= 15 is 0 Å². The van der Waals surface area contributed by atoms with Crippen LogP contribution in [0.15, 0.2) is 24.3 Å². The van der Waals surface area contributed by atoms with Gasteiger partial charge in [-0.15, -0.1) is 0 Å². The largest absolute Gasteiger partial charge is 0.491 e. The molecule has 0 aliphatic rings. The van der Waals surface area contributed by atoms with Crippen LogP contribution < -0.4 is 20.5 Å². The minimum Gasteiger partial charge on any atom is -0.491 e. The number of nitrogens with two attached hydrogens (primary N) is 1. The van der Waals surface area contributed by atoms with E-state index < -0.39 is 6.09 Å². The van der Waals surface area contributed by atoms with Crippen molar-refractivity contribution in [2.24, 2.45) is 5.73 Å². The van der Waals surface area contributed by atoms with E-state index in [9.17, 15) is 4.79 Å². The summed E-state index contributed by atoms with van der Waals surface area (Å²) in [6, 6.07) is 6.90. The summed E-state index contributed by atoms with van der Waals surface area (Å²) in [5.74, 6) is 1.05. The monoisotopic (exact) mass is 296 g/mol. The van der Waals surface area contributed by atoms with E-state index in [4.69, 9.17) is 19.9 Å². The van der Waals surface area contributed by atoms with Gasteiger partial charge in [0.2, 0.25) is 0 Å². The molecule has 6 nitrogen and oxygen atoms in total. The lowest BCUT2D eigenvalue weighted by Gasteiger charge is -2.19. The van der Waals surface area contributed by atoms with Crippen LogP contribution in [-0.2, 0) is 4.74 Å². The second-order valence-corrected chi connectivity index (χ2v) is 5.49. The van der Waals surface area contributed by atoms with E-state index in [-0.39, 0.29) is 5.54 Å². The fraction of sp³-hybridized carbons (Fsp3) is 0.533. The van der Waals surface area contributed by atoms with E-state index in [1.807, 2.05) is 20.8 Å². The fourth-order valence-electron chi connectivity index (χ4n) is 1.47. The quantitative estimate of drug-likeness (QED) is 0.751. The first-order valence-electron chi connectivity index (χ1n) is 6.91. The highest BCUT2D eigenvalue weighted by Gasteiger charge is 2.15. The summed E-state index contributed by atoms with van der Waals surface area (Å²) in [7, 11) is 0. The molecule has 6 heteroatoms. The second kappa shape index (κ2) is 8.49. The highest BCUT2D eigenvalue weighted by molar-refractivity contribution is 5.71. The van der Waals surface area contributed by atoms with Crippen LogP contribution in [-0.4, -0.2) is 38.0 Å². The third-order valence-electron chi connectivity index (χ3n) is 2.25. The average Bonchev–Trinajstić information content (AvgIpc) is 2.36. The lowest BCUT2D eigenvalue weighted by atomic mass is 10.1. The number of carbonyl (C=O) groups is 1. The maximum atomic E-state index is 11.7. The topological polar surface area (TPSA) is 82.8 Å². The molecule has 0 aliphatic heterocycles. The molecule has 118 valence electrons. The molecule has 3 N–H and O–H groups in total. The first-order chi connectivity index (χ1) is 9.90. The molecule has 1 amide bonds. The van der Waals surface area contributed by atoms with E-state index in [1.165, 1.54) is 0 Å². The average molecular weight is 296 g/mol. The van der Waals surface area contributed by atoms with Gasteiger partial charge in [0.25, 0.3) is 0 Å². The number of hydrogen-bond donors (Lipinski definition) is 2. The number of ether oxygens (including phenoxy) is 3. The maximum Gasteiger partial charge on any atom is 0.413 e. The third-order valence-corrected chi connectivity index (χ3v) is 2.25. The number of amides is 1. The fourth-order valence-corrected chi connectivity index (χ4v) is 1.47. The zero-order valence-corrected chi connectivity index (χ0v) is 12.8. The van der Waals surface area contributed by atoms with Crippen LogP contribution >= 0.6 is 0 Å². The smallest absolute Gasteiger partial charge is 0.413 e. The van der Waals surface area contributed by atoms with Crippen molar-refractivity contribution >= 4 is 6.09 Å². The van der Waals surface area contributed by atoms with Crippen LogP contribution in [0.4, 0.5) is 4.79 Å². The zero-order chi connectivity index (χ0) is 15.7. The van der Waals surface area contributed by atoms with Crippen molar-refractivity contribution in [3.8, 4) is 11.5 Å². The molecule has 21 heavy (non-hydrogen) atoms. The Morgan fingerprint density at radius 2 is 1.90 bits per heavy atom. The normalized spacial score (nSPS) is 11.0. The van der Waals surface area contributed by atoms with Crippen molar-refractivity contribution in [2.75, 3.05) is 26.4 Å². The Morgan fingerprint density at radius 1 is 1.19 bits per heavy atom. The summed E-state index contributed by atoms with van der Waals surface area (Å²) in [6.45, 7) is 7.54.